The monoisotopic (exact) mass is 472 g/mol. The molecule has 5 rings (SSSR count). The largest absolute Gasteiger partial charge is 0.372 e. The third kappa shape index (κ3) is 4.03. The Labute approximate surface area is 196 Å². The van der Waals surface area contributed by atoms with Crippen LogP contribution in [0.1, 0.15) is 60.5 Å². The molecule has 0 amide bonds. The molecule has 2 saturated heterocycles. The summed E-state index contributed by atoms with van der Waals surface area (Å²) >= 11 is 0. The van der Waals surface area contributed by atoms with Crippen LogP contribution >= 0.6 is 0 Å². The van der Waals surface area contributed by atoms with Gasteiger partial charge in [-0.1, -0.05) is 6.07 Å². The highest BCUT2D eigenvalue weighted by molar-refractivity contribution is 5.99. The number of pyridine rings is 1. The molecule has 2 aliphatic heterocycles. The third-order valence-corrected chi connectivity index (χ3v) is 7.41. The Morgan fingerprint density at radius 2 is 2.06 bits per heavy atom. The molecule has 1 aliphatic carbocycles. The highest BCUT2D eigenvalue weighted by atomic mass is 19.1. The lowest BCUT2D eigenvalue weighted by Crippen LogP contribution is -2.55. The van der Waals surface area contributed by atoms with E-state index < -0.39 is 34.6 Å². The number of piperidine rings is 1. The van der Waals surface area contributed by atoms with Crippen LogP contribution in [0.15, 0.2) is 29.2 Å². The SMILES string of the molecule is COC1(c2ccc3c(c2)c(=O)c(C(=O)C[N+](=O)[O-])cn3C2CC2)CCCN(N2CCCC2F)C1. The maximum Gasteiger partial charge on any atom is 0.266 e. The molecular weight excluding hydrogens is 443 g/mol. The molecule has 182 valence electrons. The number of rotatable bonds is 7. The molecule has 0 spiro atoms. The number of alkyl halides is 1. The van der Waals surface area contributed by atoms with Gasteiger partial charge in [-0.25, -0.2) is 14.4 Å². The first-order chi connectivity index (χ1) is 16.3. The van der Waals surface area contributed by atoms with Crippen molar-refractivity contribution in [2.75, 3.05) is 33.3 Å². The Morgan fingerprint density at radius 1 is 1.26 bits per heavy atom. The summed E-state index contributed by atoms with van der Waals surface area (Å²) in [7, 11) is 1.63. The average Bonchev–Trinajstić information content (AvgIpc) is 3.58. The molecule has 10 heteroatoms. The Balaban J connectivity index is 1.58. The van der Waals surface area contributed by atoms with Gasteiger partial charge in [-0.05, 0) is 56.2 Å². The van der Waals surface area contributed by atoms with Gasteiger partial charge in [0.2, 0.25) is 5.78 Å². The van der Waals surface area contributed by atoms with Gasteiger partial charge in [0.15, 0.2) is 11.7 Å². The van der Waals surface area contributed by atoms with E-state index in [1.165, 1.54) is 6.20 Å². The zero-order chi connectivity index (χ0) is 24.0. The summed E-state index contributed by atoms with van der Waals surface area (Å²) in [5, 5.41) is 15.1. The molecule has 2 atom stereocenters. The minimum Gasteiger partial charge on any atom is -0.372 e. The summed E-state index contributed by atoms with van der Waals surface area (Å²) in [4.78, 5) is 36.0. The Hall–Kier alpha value is -2.69. The first-order valence-electron chi connectivity index (χ1n) is 11.9. The number of Topliss-reactive ketones (excluding diaryl/α,β-unsaturated/α-hetero) is 1. The van der Waals surface area contributed by atoms with Crippen LogP contribution in [0.4, 0.5) is 4.39 Å². The number of hydrogen-bond donors (Lipinski definition) is 0. The number of fused-ring (bicyclic) bond motifs is 1. The minimum atomic E-state index is -0.995. The average molecular weight is 473 g/mol. The second-order valence-electron chi connectivity index (χ2n) is 9.59. The fourth-order valence-corrected chi connectivity index (χ4v) is 5.46. The van der Waals surface area contributed by atoms with Gasteiger partial charge in [0, 0.05) is 49.3 Å². The van der Waals surface area contributed by atoms with Crippen molar-refractivity contribution in [2.24, 2.45) is 0 Å². The lowest BCUT2D eigenvalue weighted by atomic mass is 9.85. The van der Waals surface area contributed by atoms with Gasteiger partial charge in [0.25, 0.3) is 6.54 Å². The van der Waals surface area contributed by atoms with E-state index in [1.54, 1.807) is 18.2 Å². The summed E-state index contributed by atoms with van der Waals surface area (Å²) in [6, 6.07) is 5.76. The second kappa shape index (κ2) is 8.83. The fraction of sp³-hybridized carbons (Fsp3) is 0.583. The number of hydrazine groups is 1. The smallest absolute Gasteiger partial charge is 0.266 e. The van der Waals surface area contributed by atoms with Crippen molar-refractivity contribution in [3.63, 3.8) is 0 Å². The number of carbonyl (C=O) groups excluding carboxylic acids is 1. The zero-order valence-electron chi connectivity index (χ0n) is 19.2. The number of methoxy groups -OCH3 is 1. The molecule has 3 aliphatic rings. The number of hydrogen-bond acceptors (Lipinski definition) is 7. The maximum atomic E-state index is 14.4. The fourth-order valence-electron chi connectivity index (χ4n) is 5.46. The van der Waals surface area contributed by atoms with Crippen LogP contribution in [0, 0.1) is 10.1 Å². The van der Waals surface area contributed by atoms with E-state index in [4.69, 9.17) is 4.74 Å². The first-order valence-corrected chi connectivity index (χ1v) is 11.9. The molecule has 0 radical (unpaired) electrons. The number of carbonyl (C=O) groups is 1. The number of halogens is 1. The molecule has 3 heterocycles. The summed E-state index contributed by atoms with van der Waals surface area (Å²) in [5.74, 6) is -0.787. The molecule has 2 aromatic rings. The first kappa shape index (κ1) is 23.1. The van der Waals surface area contributed by atoms with Crippen molar-refractivity contribution < 1.29 is 18.8 Å². The summed E-state index contributed by atoms with van der Waals surface area (Å²) in [5.41, 5.74) is 0.119. The van der Waals surface area contributed by atoms with E-state index in [1.807, 2.05) is 21.7 Å². The van der Waals surface area contributed by atoms with Gasteiger partial charge < -0.3 is 9.30 Å². The van der Waals surface area contributed by atoms with Gasteiger partial charge in [-0.15, -0.1) is 0 Å². The molecule has 0 N–H and O–H groups in total. The Bertz CT molecular complexity index is 1200. The predicted octanol–water partition coefficient (Wildman–Crippen LogP) is 3.04. The minimum absolute atomic E-state index is 0.151. The van der Waals surface area contributed by atoms with Gasteiger partial charge in [-0.3, -0.25) is 19.7 Å². The number of benzene rings is 1. The van der Waals surface area contributed by atoms with Gasteiger partial charge in [0.1, 0.15) is 5.60 Å². The summed E-state index contributed by atoms with van der Waals surface area (Å²) in [6.45, 7) is 0.967. The quantitative estimate of drug-likeness (QED) is 0.264. The van der Waals surface area contributed by atoms with Gasteiger partial charge in [-0.2, -0.15) is 0 Å². The van der Waals surface area contributed by atoms with Crippen LogP contribution in [0.3, 0.4) is 0 Å². The Morgan fingerprint density at radius 3 is 2.71 bits per heavy atom. The number of ether oxygens (including phenoxy) is 1. The van der Waals surface area contributed by atoms with Crippen molar-refractivity contribution in [1.82, 2.24) is 14.6 Å². The Kier molecular flexibility index (Phi) is 5.99. The third-order valence-electron chi connectivity index (χ3n) is 7.41. The van der Waals surface area contributed by atoms with Crippen LogP contribution in [0.2, 0.25) is 0 Å². The molecule has 1 saturated carbocycles. The normalized spacial score (nSPS) is 26.2. The van der Waals surface area contributed by atoms with Crippen molar-refractivity contribution in [2.45, 2.75) is 56.5 Å². The molecule has 34 heavy (non-hydrogen) atoms. The van der Waals surface area contributed by atoms with E-state index >= 15 is 0 Å². The van der Waals surface area contributed by atoms with Crippen LogP contribution in [0.5, 0.6) is 0 Å². The topological polar surface area (TPSA) is 97.9 Å². The molecule has 3 fully saturated rings. The molecule has 0 bridgehead atoms. The molecular formula is C24H29FN4O5. The molecule has 2 unspecified atom stereocenters. The van der Waals surface area contributed by atoms with Crippen molar-refractivity contribution in [3.05, 3.63) is 55.9 Å². The number of aromatic nitrogens is 1. The summed E-state index contributed by atoms with van der Waals surface area (Å²) < 4.78 is 22.4. The van der Waals surface area contributed by atoms with Crippen molar-refractivity contribution in [1.29, 1.82) is 0 Å². The highest BCUT2D eigenvalue weighted by Crippen LogP contribution is 2.40. The highest BCUT2D eigenvalue weighted by Gasteiger charge is 2.42. The molecule has 1 aromatic carbocycles. The number of nitrogens with zero attached hydrogens (tertiary/aromatic N) is 4. The van der Waals surface area contributed by atoms with E-state index in [0.717, 1.165) is 37.8 Å². The standard InChI is InChI=1S/C24H29FN4O5/c1-34-24(9-3-10-26(15-24)28-11-2-4-22(28)25)16-5-8-20-18(12-16)23(31)19(21(30)14-29(32)33)13-27(20)17-6-7-17/h5,8,12-13,17,22H,2-4,6-7,9-11,14-15H2,1H3. The maximum absolute atomic E-state index is 14.4. The van der Waals surface area contributed by atoms with Crippen molar-refractivity contribution in [3.8, 4) is 0 Å². The predicted molar refractivity (Wildman–Crippen MR) is 123 cm³/mol. The van der Waals surface area contributed by atoms with Crippen LogP contribution in [-0.2, 0) is 10.3 Å². The van der Waals surface area contributed by atoms with Gasteiger partial charge >= 0.3 is 0 Å². The summed E-state index contributed by atoms with van der Waals surface area (Å²) in [6.07, 6.45) is 5.21. The van der Waals surface area contributed by atoms with Crippen LogP contribution < -0.4 is 5.43 Å². The number of ketones is 1. The van der Waals surface area contributed by atoms with E-state index in [2.05, 4.69) is 0 Å². The number of nitro groups is 1. The van der Waals surface area contributed by atoms with E-state index in [-0.39, 0.29) is 11.6 Å². The second-order valence-corrected chi connectivity index (χ2v) is 9.59. The van der Waals surface area contributed by atoms with E-state index in [9.17, 15) is 24.1 Å². The van der Waals surface area contributed by atoms with Crippen molar-refractivity contribution >= 4 is 16.7 Å². The van der Waals surface area contributed by atoms with Gasteiger partial charge in [0.05, 0.1) is 11.1 Å². The lowest BCUT2D eigenvalue weighted by Gasteiger charge is -2.45. The molecule has 1 aromatic heterocycles. The lowest BCUT2D eigenvalue weighted by molar-refractivity contribution is -0.465. The van der Waals surface area contributed by atoms with E-state index in [0.29, 0.717) is 36.8 Å². The van der Waals surface area contributed by atoms with Crippen LogP contribution in [0.25, 0.3) is 10.9 Å². The van der Waals surface area contributed by atoms with Crippen LogP contribution in [-0.4, -0.2) is 64.9 Å². The molecule has 9 nitrogen and oxygen atoms in total. The zero-order valence-corrected chi connectivity index (χ0v) is 19.2.